The first-order valence-electron chi connectivity index (χ1n) is 6.84. The molecule has 21 heavy (non-hydrogen) atoms. The topological polar surface area (TPSA) is 87.9 Å². The third-order valence-corrected chi connectivity index (χ3v) is 4.43. The van der Waals surface area contributed by atoms with Crippen LogP contribution in [0.3, 0.4) is 0 Å². The van der Waals surface area contributed by atoms with E-state index in [9.17, 15) is 4.79 Å². The normalized spacial score (nSPS) is 16.0. The smallest absolute Gasteiger partial charge is 0.271 e. The van der Waals surface area contributed by atoms with Gasteiger partial charge in [0.2, 0.25) is 0 Å². The summed E-state index contributed by atoms with van der Waals surface area (Å²) >= 11 is 2.00. The number of hydrogen-bond donors (Lipinski definition) is 2. The fourth-order valence-corrected chi connectivity index (χ4v) is 3.42. The van der Waals surface area contributed by atoms with Gasteiger partial charge in [0.15, 0.2) is 5.69 Å². The maximum atomic E-state index is 11.3. The summed E-state index contributed by atoms with van der Waals surface area (Å²) in [4.78, 5) is 13.8. The van der Waals surface area contributed by atoms with E-state index >= 15 is 0 Å². The van der Waals surface area contributed by atoms with Crippen molar-refractivity contribution in [1.29, 1.82) is 0 Å². The summed E-state index contributed by atoms with van der Waals surface area (Å²) in [6, 6.07) is 8.03. The number of aromatic nitrogens is 3. The number of carbonyl (C=O) groups is 1. The number of H-pyrrole nitrogens is 1. The molecule has 1 aromatic heterocycles. The largest absolute Gasteiger partial charge is 0.364 e. The zero-order valence-corrected chi connectivity index (χ0v) is 12.4. The van der Waals surface area contributed by atoms with Crippen LogP contribution in [0, 0.1) is 0 Å². The molecule has 6 nitrogen and oxygen atoms in total. The third kappa shape index (κ3) is 3.25. The van der Waals surface area contributed by atoms with E-state index in [1.54, 1.807) is 0 Å². The number of primary amides is 1. The molecule has 0 unspecified atom stereocenters. The van der Waals surface area contributed by atoms with E-state index < -0.39 is 5.91 Å². The van der Waals surface area contributed by atoms with Crippen LogP contribution in [0.15, 0.2) is 24.3 Å². The molecule has 0 bridgehead atoms. The Labute approximate surface area is 127 Å². The predicted octanol–water partition coefficient (Wildman–Crippen LogP) is 1.12. The Morgan fingerprint density at radius 2 is 2.14 bits per heavy atom. The third-order valence-electron chi connectivity index (χ3n) is 3.49. The van der Waals surface area contributed by atoms with Crippen molar-refractivity contribution in [2.45, 2.75) is 6.54 Å². The minimum atomic E-state index is -0.572. The standard InChI is InChI=1S/C14H17N5OS/c15-14(20)13-12(16-18-17-13)11-3-1-2-10(8-11)9-19-4-6-21-7-5-19/h1-3,8H,4-7,9H2,(H2,15,20)(H,16,17,18). The molecule has 0 saturated carbocycles. The van der Waals surface area contributed by atoms with Crippen molar-refractivity contribution < 1.29 is 4.79 Å². The van der Waals surface area contributed by atoms with Crippen LogP contribution in [0.4, 0.5) is 0 Å². The zero-order chi connectivity index (χ0) is 14.7. The van der Waals surface area contributed by atoms with Gasteiger partial charge in [-0.2, -0.15) is 27.2 Å². The van der Waals surface area contributed by atoms with Crippen molar-refractivity contribution in [2.75, 3.05) is 24.6 Å². The van der Waals surface area contributed by atoms with Crippen molar-refractivity contribution in [2.24, 2.45) is 5.73 Å². The second-order valence-corrected chi connectivity index (χ2v) is 6.20. The Kier molecular flexibility index (Phi) is 4.21. The summed E-state index contributed by atoms with van der Waals surface area (Å²) in [6.07, 6.45) is 0. The van der Waals surface area contributed by atoms with E-state index in [1.165, 1.54) is 17.1 Å². The van der Waals surface area contributed by atoms with Gasteiger partial charge in [0.1, 0.15) is 5.69 Å². The number of nitrogens with zero attached hydrogens (tertiary/aromatic N) is 3. The second kappa shape index (κ2) is 6.28. The quantitative estimate of drug-likeness (QED) is 0.883. The lowest BCUT2D eigenvalue weighted by Crippen LogP contribution is -2.31. The molecular weight excluding hydrogens is 286 g/mol. The number of benzene rings is 1. The van der Waals surface area contributed by atoms with Gasteiger partial charge in [0, 0.05) is 36.7 Å². The molecule has 1 aromatic carbocycles. The Bertz CT molecular complexity index is 636. The first-order chi connectivity index (χ1) is 10.2. The molecule has 1 aliphatic rings. The average molecular weight is 303 g/mol. The predicted molar refractivity (Wildman–Crippen MR) is 82.9 cm³/mol. The van der Waals surface area contributed by atoms with Gasteiger partial charge in [-0.3, -0.25) is 9.69 Å². The molecule has 3 N–H and O–H groups in total. The molecule has 1 fully saturated rings. The second-order valence-electron chi connectivity index (χ2n) is 4.97. The Balaban J connectivity index is 1.82. The van der Waals surface area contributed by atoms with E-state index in [-0.39, 0.29) is 5.69 Å². The van der Waals surface area contributed by atoms with Gasteiger partial charge in [-0.1, -0.05) is 18.2 Å². The molecule has 0 spiro atoms. The summed E-state index contributed by atoms with van der Waals surface area (Å²) in [7, 11) is 0. The Morgan fingerprint density at radius 1 is 1.33 bits per heavy atom. The molecule has 0 aliphatic carbocycles. The van der Waals surface area contributed by atoms with E-state index in [4.69, 9.17) is 5.73 Å². The number of amides is 1. The number of thioether (sulfide) groups is 1. The molecular formula is C14H17N5OS. The van der Waals surface area contributed by atoms with Gasteiger partial charge in [0.25, 0.3) is 5.91 Å². The minimum absolute atomic E-state index is 0.182. The van der Waals surface area contributed by atoms with E-state index in [0.29, 0.717) is 5.69 Å². The fourth-order valence-electron chi connectivity index (χ4n) is 2.44. The molecule has 2 heterocycles. The molecule has 0 atom stereocenters. The number of aromatic amines is 1. The van der Waals surface area contributed by atoms with Gasteiger partial charge >= 0.3 is 0 Å². The number of nitrogens with two attached hydrogens (primary N) is 1. The van der Waals surface area contributed by atoms with E-state index in [0.717, 1.165) is 25.2 Å². The van der Waals surface area contributed by atoms with Crippen LogP contribution in [0.1, 0.15) is 16.1 Å². The van der Waals surface area contributed by atoms with E-state index in [2.05, 4.69) is 26.4 Å². The van der Waals surface area contributed by atoms with Crippen molar-refractivity contribution in [1.82, 2.24) is 20.3 Å². The summed E-state index contributed by atoms with van der Waals surface area (Å²) in [5, 5.41) is 10.3. The summed E-state index contributed by atoms with van der Waals surface area (Å²) in [5.41, 5.74) is 8.08. The molecule has 1 amide bonds. The lowest BCUT2D eigenvalue weighted by atomic mass is 10.1. The van der Waals surface area contributed by atoms with Crippen molar-refractivity contribution in [3.8, 4) is 11.3 Å². The maximum Gasteiger partial charge on any atom is 0.271 e. The Morgan fingerprint density at radius 3 is 2.90 bits per heavy atom. The lowest BCUT2D eigenvalue weighted by molar-refractivity contribution is 0.0996. The monoisotopic (exact) mass is 303 g/mol. The van der Waals surface area contributed by atoms with Crippen molar-refractivity contribution >= 4 is 17.7 Å². The number of rotatable bonds is 4. The fraction of sp³-hybridized carbons (Fsp3) is 0.357. The zero-order valence-electron chi connectivity index (χ0n) is 11.6. The van der Waals surface area contributed by atoms with Crippen LogP contribution in [-0.4, -0.2) is 50.8 Å². The molecule has 110 valence electrons. The number of carbonyl (C=O) groups excluding carboxylic acids is 1. The van der Waals surface area contributed by atoms with Gasteiger partial charge in [0.05, 0.1) is 0 Å². The van der Waals surface area contributed by atoms with Crippen molar-refractivity contribution in [3.63, 3.8) is 0 Å². The molecule has 3 rings (SSSR count). The van der Waals surface area contributed by atoms with Crippen LogP contribution in [0.5, 0.6) is 0 Å². The van der Waals surface area contributed by atoms with Crippen LogP contribution >= 0.6 is 11.8 Å². The molecule has 7 heteroatoms. The van der Waals surface area contributed by atoms with Gasteiger partial charge in [-0.05, 0) is 11.6 Å². The molecule has 0 radical (unpaired) electrons. The van der Waals surface area contributed by atoms with Gasteiger partial charge in [-0.15, -0.1) is 0 Å². The average Bonchev–Trinajstić information content (AvgIpc) is 2.98. The highest BCUT2D eigenvalue weighted by Gasteiger charge is 2.16. The van der Waals surface area contributed by atoms with Crippen LogP contribution in [0.2, 0.25) is 0 Å². The highest BCUT2D eigenvalue weighted by Crippen LogP contribution is 2.22. The van der Waals surface area contributed by atoms with E-state index in [1.807, 2.05) is 30.0 Å². The van der Waals surface area contributed by atoms with Gasteiger partial charge < -0.3 is 5.73 Å². The van der Waals surface area contributed by atoms with Crippen molar-refractivity contribution in [3.05, 3.63) is 35.5 Å². The number of nitrogens with one attached hydrogen (secondary N) is 1. The van der Waals surface area contributed by atoms with Crippen LogP contribution in [-0.2, 0) is 6.54 Å². The highest BCUT2D eigenvalue weighted by molar-refractivity contribution is 7.99. The highest BCUT2D eigenvalue weighted by atomic mass is 32.2. The molecule has 2 aromatic rings. The van der Waals surface area contributed by atoms with Crippen LogP contribution < -0.4 is 5.73 Å². The Hall–Kier alpha value is -1.86. The number of hydrogen-bond acceptors (Lipinski definition) is 5. The molecule has 1 aliphatic heterocycles. The van der Waals surface area contributed by atoms with Crippen LogP contribution in [0.25, 0.3) is 11.3 Å². The maximum absolute atomic E-state index is 11.3. The summed E-state index contributed by atoms with van der Waals surface area (Å²) in [6.45, 7) is 3.15. The first kappa shape index (κ1) is 14.1. The lowest BCUT2D eigenvalue weighted by Gasteiger charge is -2.26. The SMILES string of the molecule is NC(=O)c1n[nH]nc1-c1cccc(CN2CCSCC2)c1. The first-order valence-corrected chi connectivity index (χ1v) is 7.99. The molecule has 1 saturated heterocycles. The summed E-state index contributed by atoms with van der Waals surface area (Å²) < 4.78 is 0. The minimum Gasteiger partial charge on any atom is -0.364 e. The summed E-state index contributed by atoms with van der Waals surface area (Å²) in [5.74, 6) is 1.81. The van der Waals surface area contributed by atoms with Gasteiger partial charge in [-0.25, -0.2) is 0 Å².